The van der Waals surface area contributed by atoms with Gasteiger partial charge in [0.05, 0.1) is 54.0 Å². The third kappa shape index (κ3) is 6.96. The van der Waals surface area contributed by atoms with Crippen LogP contribution in [-0.4, -0.2) is 53.4 Å². The monoisotopic (exact) mass is 663 g/mol. The SMILES string of the molecule is CCOC(=O)N1c2ccc(OC)nc2[C@@H](c2ncc(S(=O)(=O)O)c(Cc3cc(C(F)(F)F)cc(C(F)(F)F)c3)n2)C[C@@]1(N)CC. The third-order valence-corrected chi connectivity index (χ3v) is 8.08. The summed E-state index contributed by atoms with van der Waals surface area (Å²) in [6.07, 6.45) is -11.3. The largest absolute Gasteiger partial charge is 0.481 e. The molecule has 244 valence electrons. The maximum Gasteiger partial charge on any atom is 0.416 e. The zero-order valence-electron chi connectivity index (χ0n) is 23.9. The molecule has 1 amide bonds. The van der Waals surface area contributed by atoms with Crippen LogP contribution in [-0.2, 0) is 33.6 Å². The van der Waals surface area contributed by atoms with Crippen LogP contribution in [0, 0.1) is 0 Å². The maximum absolute atomic E-state index is 13.5. The molecule has 0 aliphatic carbocycles. The number of amides is 1. The minimum absolute atomic E-state index is 0.0205. The number of pyridine rings is 1. The fourth-order valence-electron chi connectivity index (χ4n) is 5.02. The van der Waals surface area contributed by atoms with Gasteiger partial charge in [0, 0.05) is 12.5 Å². The van der Waals surface area contributed by atoms with Gasteiger partial charge in [0.1, 0.15) is 16.4 Å². The Labute approximate surface area is 253 Å². The fraction of sp³-hybridized carbons (Fsp3) is 0.407. The van der Waals surface area contributed by atoms with Crippen LogP contribution in [0.25, 0.3) is 0 Å². The predicted octanol–water partition coefficient (Wildman–Crippen LogP) is 5.32. The third-order valence-electron chi connectivity index (χ3n) is 7.18. The van der Waals surface area contributed by atoms with Crippen molar-refractivity contribution in [2.75, 3.05) is 18.6 Å². The Bertz CT molecular complexity index is 1690. The van der Waals surface area contributed by atoms with Crippen LogP contribution in [0.1, 0.15) is 66.5 Å². The van der Waals surface area contributed by atoms with Crippen molar-refractivity contribution in [1.29, 1.82) is 0 Å². The van der Waals surface area contributed by atoms with E-state index in [0.717, 1.165) is 0 Å². The van der Waals surface area contributed by atoms with E-state index in [2.05, 4.69) is 15.0 Å². The van der Waals surface area contributed by atoms with Crippen LogP contribution in [0.2, 0.25) is 0 Å². The molecule has 0 bridgehead atoms. The van der Waals surface area contributed by atoms with Gasteiger partial charge >= 0.3 is 18.4 Å². The molecule has 0 saturated heterocycles. The van der Waals surface area contributed by atoms with Crippen molar-refractivity contribution in [2.45, 2.75) is 61.9 Å². The van der Waals surface area contributed by atoms with Gasteiger partial charge in [0.15, 0.2) is 0 Å². The smallest absolute Gasteiger partial charge is 0.416 e. The summed E-state index contributed by atoms with van der Waals surface area (Å²) in [6, 6.07) is 3.70. The maximum atomic E-state index is 13.5. The van der Waals surface area contributed by atoms with Crippen molar-refractivity contribution in [1.82, 2.24) is 15.0 Å². The number of halogens is 6. The molecule has 3 aromatic rings. The number of carbonyl (C=O) groups is 1. The van der Waals surface area contributed by atoms with E-state index in [-0.39, 0.29) is 48.6 Å². The summed E-state index contributed by atoms with van der Waals surface area (Å²) in [5.74, 6) is -1.08. The number of benzene rings is 1. The van der Waals surface area contributed by atoms with Crippen molar-refractivity contribution in [3.05, 3.63) is 70.4 Å². The molecule has 0 spiro atoms. The first kappa shape index (κ1) is 33.9. The molecule has 1 aliphatic rings. The summed E-state index contributed by atoms with van der Waals surface area (Å²) in [5.41, 5.74) is 1.13. The molecule has 0 radical (unpaired) electrons. The van der Waals surface area contributed by atoms with Gasteiger partial charge in [-0.1, -0.05) is 6.92 Å². The number of alkyl halides is 6. The van der Waals surface area contributed by atoms with Gasteiger partial charge in [0.2, 0.25) is 5.88 Å². The lowest BCUT2D eigenvalue weighted by atomic mass is 9.83. The number of anilines is 1. The van der Waals surface area contributed by atoms with E-state index in [1.807, 2.05) is 0 Å². The molecule has 11 nitrogen and oxygen atoms in total. The summed E-state index contributed by atoms with van der Waals surface area (Å²) in [5, 5.41) is 0. The van der Waals surface area contributed by atoms with Crippen molar-refractivity contribution >= 4 is 21.9 Å². The highest BCUT2D eigenvalue weighted by atomic mass is 32.2. The Kier molecular flexibility index (Phi) is 9.07. The van der Waals surface area contributed by atoms with Crippen LogP contribution < -0.4 is 15.4 Å². The molecule has 45 heavy (non-hydrogen) atoms. The Balaban J connectivity index is 1.93. The van der Waals surface area contributed by atoms with E-state index >= 15 is 0 Å². The molecule has 0 fully saturated rings. The van der Waals surface area contributed by atoms with E-state index in [4.69, 9.17) is 15.2 Å². The number of nitrogens with two attached hydrogens (primary N) is 1. The van der Waals surface area contributed by atoms with Crippen LogP contribution in [0.15, 0.2) is 41.4 Å². The van der Waals surface area contributed by atoms with E-state index < -0.39 is 73.8 Å². The van der Waals surface area contributed by atoms with Gasteiger partial charge in [-0.3, -0.25) is 9.45 Å². The number of ether oxygens (including phenoxy) is 2. The Morgan fingerprint density at radius 2 is 1.71 bits per heavy atom. The second-order valence-electron chi connectivity index (χ2n) is 10.1. The van der Waals surface area contributed by atoms with Gasteiger partial charge in [-0.25, -0.2) is 19.7 Å². The highest BCUT2D eigenvalue weighted by Crippen LogP contribution is 2.45. The quantitative estimate of drug-likeness (QED) is 0.250. The molecule has 3 N–H and O–H groups in total. The molecule has 4 rings (SSSR count). The van der Waals surface area contributed by atoms with Crippen LogP contribution in [0.5, 0.6) is 5.88 Å². The molecule has 2 aromatic heterocycles. The van der Waals surface area contributed by atoms with Gasteiger partial charge < -0.3 is 15.2 Å². The van der Waals surface area contributed by atoms with Gasteiger partial charge in [0.25, 0.3) is 10.1 Å². The van der Waals surface area contributed by atoms with E-state index in [1.54, 1.807) is 13.8 Å². The summed E-state index contributed by atoms with van der Waals surface area (Å²) in [7, 11) is -3.77. The highest BCUT2D eigenvalue weighted by molar-refractivity contribution is 7.85. The summed E-state index contributed by atoms with van der Waals surface area (Å²) in [6.45, 7) is 3.30. The number of aromatic nitrogens is 3. The average molecular weight is 664 g/mol. The van der Waals surface area contributed by atoms with Crippen molar-refractivity contribution in [3.8, 4) is 5.88 Å². The molecule has 1 aromatic carbocycles. The average Bonchev–Trinajstić information content (AvgIpc) is 2.95. The highest BCUT2D eigenvalue weighted by Gasteiger charge is 2.47. The predicted molar refractivity (Wildman–Crippen MR) is 145 cm³/mol. The van der Waals surface area contributed by atoms with Crippen molar-refractivity contribution in [2.24, 2.45) is 5.73 Å². The zero-order chi connectivity index (χ0) is 33.5. The number of hydrogen-bond acceptors (Lipinski definition) is 9. The fourth-order valence-corrected chi connectivity index (χ4v) is 5.62. The molecule has 3 heterocycles. The lowest BCUT2D eigenvalue weighted by Gasteiger charge is -2.46. The normalized spacial score (nSPS) is 18.8. The lowest BCUT2D eigenvalue weighted by Crippen LogP contribution is -2.61. The summed E-state index contributed by atoms with van der Waals surface area (Å²) < 4.78 is 126. The molecule has 0 unspecified atom stereocenters. The number of hydrogen-bond donors (Lipinski definition) is 2. The van der Waals surface area contributed by atoms with Crippen LogP contribution in [0.4, 0.5) is 36.8 Å². The van der Waals surface area contributed by atoms with E-state index in [1.165, 1.54) is 24.1 Å². The summed E-state index contributed by atoms with van der Waals surface area (Å²) in [4.78, 5) is 26.0. The second kappa shape index (κ2) is 12.1. The second-order valence-corrected chi connectivity index (χ2v) is 11.5. The van der Waals surface area contributed by atoms with Gasteiger partial charge in [-0.15, -0.1) is 0 Å². The number of nitrogens with zero attached hydrogens (tertiary/aromatic N) is 4. The number of rotatable bonds is 7. The minimum atomic E-state index is -5.16. The van der Waals surface area contributed by atoms with Crippen molar-refractivity contribution in [3.63, 3.8) is 0 Å². The molecular weight excluding hydrogens is 636 g/mol. The molecule has 18 heteroatoms. The summed E-state index contributed by atoms with van der Waals surface area (Å²) >= 11 is 0. The Morgan fingerprint density at radius 3 is 2.22 bits per heavy atom. The van der Waals surface area contributed by atoms with Crippen molar-refractivity contribution < 1.29 is 53.6 Å². The van der Waals surface area contributed by atoms with Crippen LogP contribution in [0.3, 0.4) is 0 Å². The number of fused-ring (bicyclic) bond motifs is 1. The standard InChI is InChI=1S/C27H27F6N5O6S/c1-4-25(34)12-17(22-19(6-7-21(37-22)43-3)38(25)24(39)44-5-2)23-35-13-20(45(40,41)42)18(36-23)10-14-8-15(26(28,29)30)11-16(9-14)27(31,32)33/h6-9,11,13,17H,4-5,10,12,34H2,1-3H3,(H,40,41,42)/t17-,25+/m0/s1. The Morgan fingerprint density at radius 1 is 1.09 bits per heavy atom. The van der Waals surface area contributed by atoms with E-state index in [0.29, 0.717) is 18.3 Å². The lowest BCUT2D eigenvalue weighted by molar-refractivity contribution is -0.143. The van der Waals surface area contributed by atoms with Gasteiger partial charge in [-0.2, -0.15) is 34.8 Å². The molecule has 2 atom stereocenters. The Hall–Kier alpha value is -4.03. The first-order valence-corrected chi connectivity index (χ1v) is 14.7. The zero-order valence-corrected chi connectivity index (χ0v) is 24.7. The number of methoxy groups -OCH3 is 1. The minimum Gasteiger partial charge on any atom is -0.481 e. The van der Waals surface area contributed by atoms with Crippen LogP contribution >= 0.6 is 0 Å². The topological polar surface area (TPSA) is 158 Å². The van der Waals surface area contributed by atoms with Gasteiger partial charge in [-0.05, 0) is 49.6 Å². The molecular formula is C27H27F6N5O6S. The van der Waals surface area contributed by atoms with E-state index in [9.17, 15) is 44.1 Å². The number of carbonyl (C=O) groups excluding carboxylic acids is 1. The first-order valence-electron chi connectivity index (χ1n) is 13.2. The first-order chi connectivity index (χ1) is 20.8. The molecule has 0 saturated carbocycles. The molecule has 1 aliphatic heterocycles.